The third-order valence-corrected chi connectivity index (χ3v) is 7.55. The van der Waals surface area contributed by atoms with Crippen molar-refractivity contribution in [1.82, 2.24) is 15.0 Å². The van der Waals surface area contributed by atoms with E-state index in [0.717, 1.165) is 51.9 Å². The fraction of sp³-hybridized carbons (Fsp3) is 0.870. The second-order valence-electron chi connectivity index (χ2n) is 9.99. The minimum absolute atomic E-state index is 0.592. The average Bonchev–Trinajstić information content (AvgIpc) is 3.17. The highest BCUT2D eigenvalue weighted by Gasteiger charge is 2.50. The maximum absolute atomic E-state index is 5.91. The van der Waals surface area contributed by atoms with E-state index in [2.05, 4.69) is 14.7 Å². The molecule has 12 heteroatoms. The van der Waals surface area contributed by atoms with E-state index in [-0.39, 0.29) is 0 Å². The van der Waals surface area contributed by atoms with E-state index in [4.69, 9.17) is 44.0 Å². The van der Waals surface area contributed by atoms with Gasteiger partial charge in [0, 0.05) is 65.0 Å². The first kappa shape index (κ1) is 23.6. The molecule has 0 unspecified atom stereocenters. The molecule has 0 N–H and O–H groups in total. The summed E-state index contributed by atoms with van der Waals surface area (Å²) in [4.78, 5) is 44.6. The second-order valence-corrected chi connectivity index (χ2v) is 9.99. The number of piperidine rings is 1. The lowest BCUT2D eigenvalue weighted by molar-refractivity contribution is -0.660. The lowest BCUT2D eigenvalue weighted by Gasteiger charge is -2.46. The van der Waals surface area contributed by atoms with Crippen LogP contribution in [-0.2, 0) is 29.0 Å². The molecule has 1 aromatic rings. The Labute approximate surface area is 205 Å². The third-order valence-electron chi connectivity index (χ3n) is 7.55. The highest BCUT2D eigenvalue weighted by Crippen LogP contribution is 2.42. The van der Waals surface area contributed by atoms with Gasteiger partial charge in [0.2, 0.25) is 29.4 Å². The van der Waals surface area contributed by atoms with Gasteiger partial charge in [0.05, 0.1) is 26.4 Å². The molecular formula is C23H36N6O6. The Hall–Kier alpha value is -1.83. The van der Waals surface area contributed by atoms with Gasteiger partial charge in [-0.2, -0.15) is 34.5 Å². The molecule has 12 nitrogen and oxygen atoms in total. The first-order valence-electron chi connectivity index (χ1n) is 13.1. The van der Waals surface area contributed by atoms with Crippen LogP contribution in [-0.4, -0.2) is 92.2 Å². The van der Waals surface area contributed by atoms with Gasteiger partial charge in [-0.1, -0.05) is 12.8 Å². The van der Waals surface area contributed by atoms with Gasteiger partial charge < -0.3 is 24.2 Å². The lowest BCUT2D eigenvalue weighted by atomic mass is 10.0. The molecular weight excluding hydrogens is 456 g/mol. The quantitative estimate of drug-likeness (QED) is 0.575. The summed E-state index contributed by atoms with van der Waals surface area (Å²) in [7, 11) is 0. The number of morpholine rings is 2. The first-order chi connectivity index (χ1) is 17.2. The molecule has 5 heterocycles. The Morgan fingerprint density at radius 3 is 1.26 bits per heavy atom. The van der Waals surface area contributed by atoms with Crippen molar-refractivity contribution in [2.45, 2.75) is 62.9 Å². The largest absolute Gasteiger partial charge is 0.378 e. The number of hydrogen-bond acceptors (Lipinski definition) is 12. The summed E-state index contributed by atoms with van der Waals surface area (Å²) < 4.78 is 11.0. The molecule has 6 rings (SSSR count). The zero-order chi connectivity index (χ0) is 23.6. The van der Waals surface area contributed by atoms with Crippen molar-refractivity contribution in [1.29, 1.82) is 0 Å². The van der Waals surface area contributed by atoms with Crippen LogP contribution in [0.4, 0.5) is 17.8 Å². The summed E-state index contributed by atoms with van der Waals surface area (Å²) >= 11 is 0. The van der Waals surface area contributed by atoms with Crippen molar-refractivity contribution in [2.75, 3.05) is 80.4 Å². The molecule has 0 amide bonds. The van der Waals surface area contributed by atoms with Gasteiger partial charge in [-0.25, -0.2) is 0 Å². The number of hydrogen-bond donors (Lipinski definition) is 0. The van der Waals surface area contributed by atoms with E-state index < -0.39 is 11.6 Å². The Morgan fingerprint density at radius 2 is 0.829 bits per heavy atom. The Kier molecular flexibility index (Phi) is 6.91. The standard InChI is InChI=1S/C23H36N6O6/c1-2-4-6-22(5-3-1)32-34-23(35-33-22)7-9-27(10-8-23)19-24-20(28-11-15-30-16-12-28)26-21(25-19)29-13-17-31-18-14-29/h1-18H2. The van der Waals surface area contributed by atoms with Crippen LogP contribution in [0.2, 0.25) is 0 Å². The fourth-order valence-electron chi connectivity index (χ4n) is 5.27. The zero-order valence-corrected chi connectivity index (χ0v) is 20.4. The van der Waals surface area contributed by atoms with Crippen LogP contribution in [0.15, 0.2) is 0 Å². The summed E-state index contributed by atoms with van der Waals surface area (Å²) in [6, 6.07) is 0. The van der Waals surface area contributed by atoms with Crippen LogP contribution in [0.5, 0.6) is 0 Å². The van der Waals surface area contributed by atoms with Crippen LogP contribution in [0.1, 0.15) is 51.4 Å². The normalized spacial score (nSPS) is 27.3. The minimum Gasteiger partial charge on any atom is -0.378 e. The van der Waals surface area contributed by atoms with Gasteiger partial charge in [-0.05, 0) is 12.8 Å². The molecule has 1 aromatic heterocycles. The first-order valence-corrected chi connectivity index (χ1v) is 13.1. The average molecular weight is 493 g/mol. The molecule has 5 aliphatic rings. The summed E-state index contributed by atoms with van der Waals surface area (Å²) in [5, 5.41) is 0. The van der Waals surface area contributed by atoms with Gasteiger partial charge in [0.15, 0.2) is 0 Å². The molecule has 1 aliphatic carbocycles. The predicted molar refractivity (Wildman–Crippen MR) is 125 cm³/mol. The van der Waals surface area contributed by atoms with Crippen molar-refractivity contribution in [3.8, 4) is 0 Å². The Balaban J connectivity index is 1.15. The molecule has 0 radical (unpaired) electrons. The molecule has 4 aliphatic heterocycles. The highest BCUT2D eigenvalue weighted by molar-refractivity contribution is 5.47. The molecule has 2 spiro atoms. The van der Waals surface area contributed by atoms with Gasteiger partial charge in [-0.3, -0.25) is 0 Å². The second kappa shape index (κ2) is 10.3. The fourth-order valence-corrected chi connectivity index (χ4v) is 5.27. The SMILES string of the molecule is C1CCCC2(CC1)OOC1(CCN(c3nc(N4CCOCC4)nc(N4CCOCC4)n3)CC1)OO2. The topological polar surface area (TPSA) is 104 Å². The van der Waals surface area contributed by atoms with Crippen molar-refractivity contribution in [3.05, 3.63) is 0 Å². The molecule has 35 heavy (non-hydrogen) atoms. The van der Waals surface area contributed by atoms with E-state index in [1.54, 1.807) is 0 Å². The van der Waals surface area contributed by atoms with Gasteiger partial charge in [-0.15, -0.1) is 0 Å². The Morgan fingerprint density at radius 1 is 0.457 bits per heavy atom. The summed E-state index contributed by atoms with van der Waals surface area (Å²) in [5.74, 6) is 0.434. The summed E-state index contributed by atoms with van der Waals surface area (Å²) in [5.41, 5.74) is 0. The third kappa shape index (κ3) is 5.18. The van der Waals surface area contributed by atoms with Crippen LogP contribution in [0.3, 0.4) is 0 Å². The van der Waals surface area contributed by atoms with Crippen LogP contribution in [0, 0.1) is 0 Å². The van der Waals surface area contributed by atoms with Crippen molar-refractivity contribution >= 4 is 17.8 Å². The monoisotopic (exact) mass is 492 g/mol. The molecule has 0 atom stereocenters. The Bertz CT molecular complexity index is 801. The summed E-state index contributed by atoms with van der Waals surface area (Å²) in [6.45, 7) is 7.11. The number of aromatic nitrogens is 3. The molecule has 0 bridgehead atoms. The zero-order valence-electron chi connectivity index (χ0n) is 20.4. The smallest absolute Gasteiger partial charge is 0.237 e. The highest BCUT2D eigenvalue weighted by atomic mass is 17.4. The van der Waals surface area contributed by atoms with Crippen LogP contribution >= 0.6 is 0 Å². The van der Waals surface area contributed by atoms with Gasteiger partial charge in [0.25, 0.3) is 0 Å². The van der Waals surface area contributed by atoms with E-state index in [9.17, 15) is 0 Å². The van der Waals surface area contributed by atoms with Crippen molar-refractivity contribution in [2.24, 2.45) is 0 Å². The molecule has 1 saturated carbocycles. The maximum atomic E-state index is 5.91. The van der Waals surface area contributed by atoms with E-state index in [1.807, 2.05) is 0 Å². The molecule has 4 saturated heterocycles. The number of anilines is 3. The molecule has 0 aromatic carbocycles. The minimum atomic E-state index is -0.888. The van der Waals surface area contributed by atoms with Crippen molar-refractivity contribution in [3.63, 3.8) is 0 Å². The van der Waals surface area contributed by atoms with Gasteiger partial charge >= 0.3 is 0 Å². The summed E-state index contributed by atoms with van der Waals surface area (Å²) in [6.07, 6.45) is 7.29. The number of nitrogens with zero attached hydrogens (tertiary/aromatic N) is 6. The lowest BCUT2D eigenvalue weighted by Crippen LogP contribution is -2.55. The van der Waals surface area contributed by atoms with E-state index in [1.165, 1.54) is 12.8 Å². The number of rotatable bonds is 3. The van der Waals surface area contributed by atoms with Crippen LogP contribution < -0.4 is 14.7 Å². The van der Waals surface area contributed by atoms with Crippen molar-refractivity contribution < 1.29 is 29.0 Å². The molecule has 5 fully saturated rings. The maximum Gasteiger partial charge on any atom is 0.237 e. The van der Waals surface area contributed by atoms with Crippen LogP contribution in [0.25, 0.3) is 0 Å². The van der Waals surface area contributed by atoms with E-state index in [0.29, 0.717) is 70.2 Å². The van der Waals surface area contributed by atoms with Gasteiger partial charge in [0.1, 0.15) is 0 Å². The molecule has 194 valence electrons. The van der Waals surface area contributed by atoms with E-state index >= 15 is 0 Å². The number of ether oxygens (including phenoxy) is 2. The predicted octanol–water partition coefficient (Wildman–Crippen LogP) is 1.80.